The summed E-state index contributed by atoms with van der Waals surface area (Å²) in [6.45, 7) is 3.37. The second-order valence-electron chi connectivity index (χ2n) is 7.50. The number of sulfone groups is 1. The summed E-state index contributed by atoms with van der Waals surface area (Å²) in [5.74, 6) is -3.78. The number of carboxylic acids is 2. The Balaban J connectivity index is 0.000000466. The molecule has 0 saturated carbocycles. The molecular weight excluding hydrogens is 481 g/mol. The van der Waals surface area contributed by atoms with Gasteiger partial charge in [0.1, 0.15) is 5.82 Å². The molecule has 1 heterocycles. The zero-order valence-corrected chi connectivity index (χ0v) is 19.5. The zero-order valence-electron chi connectivity index (χ0n) is 18.7. The van der Waals surface area contributed by atoms with E-state index in [9.17, 15) is 27.2 Å². The lowest BCUT2D eigenvalue weighted by Crippen LogP contribution is -2.28. The number of carbonyl (C=O) groups excluding carboxylic acids is 1. The summed E-state index contributed by atoms with van der Waals surface area (Å²) in [5, 5.41) is 18.9. The summed E-state index contributed by atoms with van der Waals surface area (Å²) in [5.41, 5.74) is 6.50. The third-order valence-electron chi connectivity index (χ3n) is 4.88. The molecule has 35 heavy (non-hydrogen) atoms. The lowest BCUT2D eigenvalue weighted by Gasteiger charge is -2.23. The van der Waals surface area contributed by atoms with Crippen molar-refractivity contribution in [3.8, 4) is 0 Å². The van der Waals surface area contributed by atoms with Crippen LogP contribution in [0.25, 0.3) is 0 Å². The summed E-state index contributed by atoms with van der Waals surface area (Å²) in [7, 11) is -3.97. The third kappa shape index (κ3) is 8.50. The largest absolute Gasteiger partial charge is 0.478 e. The van der Waals surface area contributed by atoms with Gasteiger partial charge in [-0.2, -0.15) is 0 Å². The molecule has 1 fully saturated rings. The first-order valence-electron chi connectivity index (χ1n) is 10.5. The molecule has 1 saturated heterocycles. The predicted molar refractivity (Wildman–Crippen MR) is 125 cm³/mol. The molecule has 1 amide bonds. The fourth-order valence-electron chi connectivity index (χ4n) is 3.36. The van der Waals surface area contributed by atoms with Crippen LogP contribution in [0.5, 0.6) is 0 Å². The van der Waals surface area contributed by atoms with E-state index in [0.717, 1.165) is 44.4 Å². The van der Waals surface area contributed by atoms with Crippen LogP contribution >= 0.6 is 0 Å². The van der Waals surface area contributed by atoms with Crippen molar-refractivity contribution >= 4 is 33.4 Å². The molecule has 0 radical (unpaired) electrons. The Morgan fingerprint density at radius 1 is 1.03 bits per heavy atom. The number of carbonyl (C=O) groups is 3. The van der Waals surface area contributed by atoms with E-state index in [-0.39, 0.29) is 16.2 Å². The van der Waals surface area contributed by atoms with Gasteiger partial charge in [-0.1, -0.05) is 6.07 Å². The van der Waals surface area contributed by atoms with Gasteiger partial charge in [-0.05, 0) is 54.9 Å². The van der Waals surface area contributed by atoms with Crippen molar-refractivity contribution in [1.29, 1.82) is 0 Å². The Bertz CT molecular complexity index is 1190. The lowest BCUT2D eigenvalue weighted by molar-refractivity contribution is -0.134. The van der Waals surface area contributed by atoms with Crippen LogP contribution in [0.1, 0.15) is 12.0 Å². The van der Waals surface area contributed by atoms with Gasteiger partial charge < -0.3 is 26.2 Å². The van der Waals surface area contributed by atoms with E-state index in [0.29, 0.717) is 17.7 Å². The van der Waals surface area contributed by atoms with E-state index in [2.05, 4.69) is 10.2 Å². The minimum absolute atomic E-state index is 0.0244. The molecule has 188 valence electrons. The second-order valence-corrected chi connectivity index (χ2v) is 9.41. The lowest BCUT2D eigenvalue weighted by atomic mass is 10.1. The van der Waals surface area contributed by atoms with Gasteiger partial charge in [0.15, 0.2) is 0 Å². The molecule has 12 heteroatoms. The SMILES string of the molecule is NC(=O)Cc1cc(N2CCCNCC2)ccc1S(=O)(=O)c1cccc(F)c1.O=C(O)/C=C\C(=O)O. The van der Waals surface area contributed by atoms with Crippen LogP contribution in [0.15, 0.2) is 64.4 Å². The van der Waals surface area contributed by atoms with Gasteiger partial charge in [0.25, 0.3) is 0 Å². The molecule has 0 spiro atoms. The number of nitrogens with two attached hydrogens (primary N) is 1. The van der Waals surface area contributed by atoms with Crippen molar-refractivity contribution in [2.45, 2.75) is 22.6 Å². The number of rotatable bonds is 7. The van der Waals surface area contributed by atoms with E-state index in [4.69, 9.17) is 15.9 Å². The van der Waals surface area contributed by atoms with E-state index in [1.807, 2.05) is 0 Å². The topological polar surface area (TPSA) is 167 Å². The predicted octanol–water partition coefficient (Wildman–Crippen LogP) is 1.20. The van der Waals surface area contributed by atoms with Gasteiger partial charge in [0.05, 0.1) is 16.2 Å². The molecule has 3 rings (SSSR count). The molecule has 0 unspecified atom stereocenters. The molecule has 1 aliphatic heterocycles. The number of nitrogens with one attached hydrogen (secondary N) is 1. The standard InChI is InChI=1S/C19H22FN3O3S.C4H4O4/c20-15-3-1-4-17(13-15)27(25,26)18-6-5-16(11-14(18)12-19(21)24)23-9-2-7-22-8-10-23;5-3(6)1-2-4(7)8/h1,3-6,11,13,22H,2,7-10,12H2,(H2,21,24);1-2H,(H,5,6)(H,7,8)/b;2-1-. The number of anilines is 1. The minimum Gasteiger partial charge on any atom is -0.478 e. The van der Waals surface area contributed by atoms with Crippen molar-refractivity contribution in [2.24, 2.45) is 5.73 Å². The van der Waals surface area contributed by atoms with Crippen molar-refractivity contribution in [3.63, 3.8) is 0 Å². The van der Waals surface area contributed by atoms with Gasteiger partial charge in [0, 0.05) is 37.5 Å². The van der Waals surface area contributed by atoms with Gasteiger partial charge in [-0.15, -0.1) is 0 Å². The maximum atomic E-state index is 13.5. The van der Waals surface area contributed by atoms with Crippen LogP contribution in [-0.2, 0) is 30.6 Å². The van der Waals surface area contributed by atoms with E-state index >= 15 is 0 Å². The third-order valence-corrected chi connectivity index (χ3v) is 6.73. The Hall–Kier alpha value is -3.77. The monoisotopic (exact) mass is 507 g/mol. The highest BCUT2D eigenvalue weighted by atomic mass is 32.2. The van der Waals surface area contributed by atoms with Crippen LogP contribution in [0, 0.1) is 5.82 Å². The van der Waals surface area contributed by atoms with Gasteiger partial charge in [-0.3, -0.25) is 4.79 Å². The maximum absolute atomic E-state index is 13.5. The summed E-state index contributed by atoms with van der Waals surface area (Å²) < 4.78 is 39.5. The quantitative estimate of drug-likeness (QED) is 0.403. The molecule has 1 aliphatic rings. The highest BCUT2D eigenvalue weighted by Gasteiger charge is 2.24. The number of hydrogen-bond acceptors (Lipinski definition) is 7. The number of hydrogen-bond donors (Lipinski definition) is 4. The number of nitrogens with zero attached hydrogens (tertiary/aromatic N) is 1. The van der Waals surface area contributed by atoms with Gasteiger partial charge >= 0.3 is 11.9 Å². The smallest absolute Gasteiger partial charge is 0.328 e. The van der Waals surface area contributed by atoms with Crippen molar-refractivity contribution in [2.75, 3.05) is 31.1 Å². The summed E-state index contributed by atoms with van der Waals surface area (Å²) in [6.07, 6.45) is 1.88. The first kappa shape index (κ1) is 27.5. The van der Waals surface area contributed by atoms with Crippen molar-refractivity contribution < 1.29 is 37.4 Å². The van der Waals surface area contributed by atoms with Crippen molar-refractivity contribution in [3.05, 3.63) is 66.0 Å². The highest BCUT2D eigenvalue weighted by molar-refractivity contribution is 7.91. The Kier molecular flexibility index (Phi) is 9.91. The van der Waals surface area contributed by atoms with E-state index in [1.165, 1.54) is 24.3 Å². The Morgan fingerprint density at radius 3 is 2.31 bits per heavy atom. The molecule has 2 aromatic carbocycles. The molecule has 10 nitrogen and oxygen atoms in total. The van der Waals surface area contributed by atoms with Crippen LogP contribution in [0.3, 0.4) is 0 Å². The average molecular weight is 508 g/mol. The second kappa shape index (κ2) is 12.6. The number of aliphatic carboxylic acids is 2. The Morgan fingerprint density at radius 2 is 1.71 bits per heavy atom. The van der Waals surface area contributed by atoms with Gasteiger partial charge in [0.2, 0.25) is 15.7 Å². The van der Waals surface area contributed by atoms with E-state index < -0.39 is 33.5 Å². The maximum Gasteiger partial charge on any atom is 0.328 e. The molecular formula is C23H26FN3O7S. The summed E-state index contributed by atoms with van der Waals surface area (Å²) in [6, 6.07) is 9.73. The van der Waals surface area contributed by atoms with Crippen LogP contribution < -0.4 is 16.0 Å². The molecule has 0 aliphatic carbocycles. The van der Waals surface area contributed by atoms with Crippen LogP contribution in [-0.4, -0.2) is 62.7 Å². The van der Waals surface area contributed by atoms with Crippen molar-refractivity contribution in [1.82, 2.24) is 5.32 Å². The number of primary amides is 1. The summed E-state index contributed by atoms with van der Waals surface area (Å²) >= 11 is 0. The number of benzene rings is 2. The van der Waals surface area contributed by atoms with E-state index in [1.54, 1.807) is 12.1 Å². The molecule has 0 aromatic heterocycles. The molecule has 0 atom stereocenters. The number of carboxylic acid groups (broad SMARTS) is 2. The van der Waals surface area contributed by atoms with Crippen LogP contribution in [0.4, 0.5) is 10.1 Å². The number of amides is 1. The number of halogens is 1. The van der Waals surface area contributed by atoms with Gasteiger partial charge in [-0.25, -0.2) is 22.4 Å². The first-order chi connectivity index (χ1) is 16.5. The summed E-state index contributed by atoms with van der Waals surface area (Å²) in [4.78, 5) is 32.6. The fraction of sp³-hybridized carbons (Fsp3) is 0.261. The normalized spacial score (nSPS) is 14.0. The molecule has 5 N–H and O–H groups in total. The zero-order chi connectivity index (χ0) is 26.0. The highest BCUT2D eigenvalue weighted by Crippen LogP contribution is 2.29. The minimum atomic E-state index is -3.97. The molecule has 0 bridgehead atoms. The first-order valence-corrected chi connectivity index (χ1v) is 12.0. The fourth-order valence-corrected chi connectivity index (χ4v) is 4.86. The van der Waals surface area contributed by atoms with Crippen LogP contribution in [0.2, 0.25) is 0 Å². The average Bonchev–Trinajstić information content (AvgIpc) is 3.07. The Labute approximate surface area is 201 Å². The molecule has 2 aromatic rings.